The van der Waals surface area contributed by atoms with Gasteiger partial charge in [0.1, 0.15) is 19.0 Å². The lowest BCUT2D eigenvalue weighted by atomic mass is 10.2. The minimum Gasteiger partial charge on any atom is -0.488 e. The average Bonchev–Trinajstić information content (AvgIpc) is 2.53. The Morgan fingerprint density at radius 3 is 2.39 bits per heavy atom. The molecule has 0 spiro atoms. The summed E-state index contributed by atoms with van der Waals surface area (Å²) in [7, 11) is 0. The minimum absolute atomic E-state index is 0.109. The number of benzene rings is 2. The van der Waals surface area contributed by atoms with Crippen LogP contribution >= 0.6 is 11.6 Å². The zero-order valence-corrected chi connectivity index (χ0v) is 13.3. The first-order chi connectivity index (χ1) is 11.1. The fourth-order valence-electron chi connectivity index (χ4n) is 1.82. The molecule has 1 N–H and O–H groups in total. The first-order valence-electron chi connectivity index (χ1n) is 6.98. The molecular formula is C17H16ClNO4. The van der Waals surface area contributed by atoms with E-state index in [0.717, 1.165) is 0 Å². The summed E-state index contributed by atoms with van der Waals surface area (Å²) in [5, 5.41) is 3.13. The molecule has 0 aliphatic rings. The highest BCUT2D eigenvalue weighted by molar-refractivity contribution is 6.32. The van der Waals surface area contributed by atoms with Gasteiger partial charge in [0.15, 0.2) is 0 Å². The Labute approximate surface area is 139 Å². The summed E-state index contributed by atoms with van der Waals surface area (Å²) < 4.78 is 10.5. The molecule has 2 rings (SSSR count). The van der Waals surface area contributed by atoms with Crippen LogP contribution in [0.3, 0.4) is 0 Å². The van der Waals surface area contributed by atoms with Crippen LogP contribution in [-0.2, 0) is 9.53 Å². The number of para-hydroxylation sites is 1. The molecule has 0 fully saturated rings. The van der Waals surface area contributed by atoms with Crippen molar-refractivity contribution in [2.24, 2.45) is 0 Å². The van der Waals surface area contributed by atoms with E-state index in [-0.39, 0.29) is 19.1 Å². The Hall–Kier alpha value is -2.53. The van der Waals surface area contributed by atoms with E-state index in [4.69, 9.17) is 21.1 Å². The second kappa shape index (κ2) is 8.19. The Morgan fingerprint density at radius 2 is 1.74 bits per heavy atom. The largest absolute Gasteiger partial charge is 0.488 e. The molecule has 0 aliphatic carbocycles. The number of carbonyl (C=O) groups excluding carboxylic acids is 2. The lowest BCUT2D eigenvalue weighted by Crippen LogP contribution is -2.12. The van der Waals surface area contributed by atoms with Gasteiger partial charge in [0.25, 0.3) is 0 Å². The van der Waals surface area contributed by atoms with Crippen molar-refractivity contribution in [3.8, 4) is 5.75 Å². The standard InChI is InChI=1S/C17H16ClNO4/c1-12(20)19-14-8-6-13(7-9-14)17(21)23-11-10-22-16-5-3-2-4-15(16)18/h2-9H,10-11H2,1H3,(H,19,20). The summed E-state index contributed by atoms with van der Waals surface area (Å²) in [6.07, 6.45) is 0. The molecule has 0 unspecified atom stereocenters. The number of ether oxygens (including phenoxy) is 2. The number of nitrogens with one attached hydrogen (secondary N) is 1. The topological polar surface area (TPSA) is 64.6 Å². The number of amides is 1. The molecule has 2 aromatic carbocycles. The van der Waals surface area contributed by atoms with Gasteiger partial charge in [-0.15, -0.1) is 0 Å². The van der Waals surface area contributed by atoms with Crippen LogP contribution in [-0.4, -0.2) is 25.1 Å². The fraction of sp³-hybridized carbons (Fsp3) is 0.176. The van der Waals surface area contributed by atoms with Crippen molar-refractivity contribution >= 4 is 29.2 Å². The molecule has 0 heterocycles. The van der Waals surface area contributed by atoms with Crippen LogP contribution in [0.5, 0.6) is 5.75 Å². The fourth-order valence-corrected chi connectivity index (χ4v) is 2.01. The summed E-state index contributed by atoms with van der Waals surface area (Å²) in [6.45, 7) is 1.73. The molecule has 2 aromatic rings. The lowest BCUT2D eigenvalue weighted by Gasteiger charge is -2.09. The zero-order valence-electron chi connectivity index (χ0n) is 12.5. The normalized spacial score (nSPS) is 10.0. The highest BCUT2D eigenvalue weighted by atomic mass is 35.5. The Kier molecular flexibility index (Phi) is 6.00. The molecule has 0 aliphatic heterocycles. The maximum atomic E-state index is 11.9. The minimum atomic E-state index is -0.456. The van der Waals surface area contributed by atoms with E-state index < -0.39 is 5.97 Å². The lowest BCUT2D eigenvalue weighted by molar-refractivity contribution is -0.114. The van der Waals surface area contributed by atoms with Crippen molar-refractivity contribution < 1.29 is 19.1 Å². The summed E-state index contributed by atoms with van der Waals surface area (Å²) in [5.74, 6) is -0.0796. The van der Waals surface area contributed by atoms with Gasteiger partial charge < -0.3 is 14.8 Å². The summed E-state index contributed by atoms with van der Waals surface area (Å²) in [4.78, 5) is 22.8. The average molecular weight is 334 g/mol. The van der Waals surface area contributed by atoms with E-state index in [1.54, 1.807) is 42.5 Å². The van der Waals surface area contributed by atoms with Crippen LogP contribution in [0.15, 0.2) is 48.5 Å². The van der Waals surface area contributed by atoms with E-state index in [1.807, 2.05) is 6.07 Å². The molecule has 5 nitrogen and oxygen atoms in total. The number of carbonyl (C=O) groups is 2. The van der Waals surface area contributed by atoms with Gasteiger partial charge in [-0.3, -0.25) is 4.79 Å². The number of anilines is 1. The first-order valence-corrected chi connectivity index (χ1v) is 7.36. The van der Waals surface area contributed by atoms with Crippen LogP contribution < -0.4 is 10.1 Å². The predicted octanol–water partition coefficient (Wildman–Crippen LogP) is 3.53. The molecule has 0 atom stereocenters. The SMILES string of the molecule is CC(=O)Nc1ccc(C(=O)OCCOc2ccccc2Cl)cc1. The maximum absolute atomic E-state index is 11.9. The van der Waals surface area contributed by atoms with Gasteiger partial charge in [-0.2, -0.15) is 0 Å². The predicted molar refractivity (Wildman–Crippen MR) is 88.0 cm³/mol. The van der Waals surface area contributed by atoms with Gasteiger partial charge in [-0.05, 0) is 36.4 Å². The van der Waals surface area contributed by atoms with Crippen molar-refractivity contribution in [2.45, 2.75) is 6.92 Å². The number of hydrogen-bond donors (Lipinski definition) is 1. The van der Waals surface area contributed by atoms with Gasteiger partial charge in [0.05, 0.1) is 10.6 Å². The van der Waals surface area contributed by atoms with Crippen molar-refractivity contribution in [1.82, 2.24) is 0 Å². The molecule has 0 bridgehead atoms. The number of halogens is 1. The van der Waals surface area contributed by atoms with Crippen LogP contribution in [0.2, 0.25) is 5.02 Å². The second-order valence-electron chi connectivity index (χ2n) is 4.67. The van der Waals surface area contributed by atoms with E-state index in [9.17, 15) is 9.59 Å². The molecule has 0 saturated heterocycles. The van der Waals surface area contributed by atoms with Crippen molar-refractivity contribution in [1.29, 1.82) is 0 Å². The summed E-state index contributed by atoms with van der Waals surface area (Å²) >= 11 is 5.95. The molecule has 0 aromatic heterocycles. The summed E-state index contributed by atoms with van der Waals surface area (Å²) in [5.41, 5.74) is 1.02. The molecule has 0 radical (unpaired) electrons. The highest BCUT2D eigenvalue weighted by Gasteiger charge is 2.07. The van der Waals surface area contributed by atoms with E-state index in [1.165, 1.54) is 6.92 Å². The molecule has 1 amide bonds. The van der Waals surface area contributed by atoms with Crippen LogP contribution in [0.25, 0.3) is 0 Å². The quantitative estimate of drug-likeness (QED) is 0.648. The van der Waals surface area contributed by atoms with Gasteiger partial charge in [0, 0.05) is 12.6 Å². The Bertz CT molecular complexity index is 685. The highest BCUT2D eigenvalue weighted by Crippen LogP contribution is 2.22. The zero-order chi connectivity index (χ0) is 16.7. The molecule has 120 valence electrons. The number of hydrogen-bond acceptors (Lipinski definition) is 4. The first kappa shape index (κ1) is 16.8. The van der Waals surface area contributed by atoms with Gasteiger partial charge >= 0.3 is 5.97 Å². The second-order valence-corrected chi connectivity index (χ2v) is 5.08. The molecule has 23 heavy (non-hydrogen) atoms. The van der Waals surface area contributed by atoms with Crippen molar-refractivity contribution in [2.75, 3.05) is 18.5 Å². The molecule has 0 saturated carbocycles. The Balaban J connectivity index is 1.78. The van der Waals surface area contributed by atoms with Crippen molar-refractivity contribution in [3.05, 3.63) is 59.1 Å². The van der Waals surface area contributed by atoms with Gasteiger partial charge in [0.2, 0.25) is 5.91 Å². The maximum Gasteiger partial charge on any atom is 0.338 e. The van der Waals surface area contributed by atoms with Gasteiger partial charge in [-0.1, -0.05) is 23.7 Å². The van der Waals surface area contributed by atoms with Crippen molar-refractivity contribution in [3.63, 3.8) is 0 Å². The number of rotatable bonds is 6. The monoisotopic (exact) mass is 333 g/mol. The van der Waals surface area contributed by atoms with Gasteiger partial charge in [-0.25, -0.2) is 4.79 Å². The smallest absolute Gasteiger partial charge is 0.338 e. The number of esters is 1. The van der Waals surface area contributed by atoms with Crippen LogP contribution in [0.4, 0.5) is 5.69 Å². The molecular weight excluding hydrogens is 318 g/mol. The van der Waals surface area contributed by atoms with E-state index in [2.05, 4.69) is 5.32 Å². The third-order valence-electron chi connectivity index (χ3n) is 2.85. The van der Waals surface area contributed by atoms with E-state index >= 15 is 0 Å². The third-order valence-corrected chi connectivity index (χ3v) is 3.16. The third kappa shape index (κ3) is 5.30. The van der Waals surface area contributed by atoms with E-state index in [0.29, 0.717) is 22.0 Å². The Morgan fingerprint density at radius 1 is 1.04 bits per heavy atom. The van der Waals surface area contributed by atoms with Crippen LogP contribution in [0, 0.1) is 0 Å². The molecule has 6 heteroatoms. The van der Waals surface area contributed by atoms with Crippen LogP contribution in [0.1, 0.15) is 17.3 Å². The summed E-state index contributed by atoms with van der Waals surface area (Å²) in [6, 6.07) is 13.5.